The van der Waals surface area contributed by atoms with E-state index in [4.69, 9.17) is 4.74 Å². The van der Waals surface area contributed by atoms with Crippen LogP contribution in [0.4, 0.5) is 0 Å². The largest absolute Gasteiger partial charge is 0.481 e. The number of amides is 2. The first-order valence-electron chi connectivity index (χ1n) is 12.0. The molecule has 0 spiro atoms. The van der Waals surface area contributed by atoms with E-state index >= 15 is 0 Å². The van der Waals surface area contributed by atoms with E-state index in [-0.39, 0.29) is 23.8 Å². The topological polar surface area (TPSA) is 58.6 Å². The molecule has 1 fully saturated rings. The number of rotatable bonds is 8. The molecule has 0 aromatic heterocycles. The lowest BCUT2D eigenvalue weighted by Crippen LogP contribution is -2.41. The highest BCUT2D eigenvalue weighted by atomic mass is 16.5. The van der Waals surface area contributed by atoms with E-state index in [0.29, 0.717) is 18.7 Å². The second kappa shape index (κ2) is 9.76. The van der Waals surface area contributed by atoms with Gasteiger partial charge in [0.15, 0.2) is 6.10 Å². The average Bonchev–Trinajstić information content (AvgIpc) is 3.65. The molecule has 0 saturated heterocycles. The second-order valence-corrected chi connectivity index (χ2v) is 9.04. The third-order valence-corrected chi connectivity index (χ3v) is 6.40. The molecule has 2 aliphatic rings. The van der Waals surface area contributed by atoms with Crippen molar-refractivity contribution in [1.29, 1.82) is 0 Å². The Morgan fingerprint density at radius 2 is 1.97 bits per heavy atom. The van der Waals surface area contributed by atoms with Gasteiger partial charge in [0.05, 0.1) is 6.04 Å². The van der Waals surface area contributed by atoms with E-state index in [1.807, 2.05) is 26.0 Å². The van der Waals surface area contributed by atoms with Crippen LogP contribution >= 0.6 is 0 Å². The van der Waals surface area contributed by atoms with Gasteiger partial charge in [0, 0.05) is 19.0 Å². The van der Waals surface area contributed by atoms with Gasteiger partial charge in [-0.05, 0) is 67.9 Å². The minimum Gasteiger partial charge on any atom is -0.481 e. The SMILES string of the molecule is CCCNC(=O)[C@H](CC)Oc1ccc2c(c1)[C@H](c1cccc(C)c1)N(C(=O)C1CC1)CC2. The first kappa shape index (κ1) is 22.4. The molecular formula is C27H34N2O3. The molecule has 0 unspecified atom stereocenters. The summed E-state index contributed by atoms with van der Waals surface area (Å²) >= 11 is 0. The summed E-state index contributed by atoms with van der Waals surface area (Å²) in [4.78, 5) is 27.7. The molecule has 1 N–H and O–H groups in total. The van der Waals surface area contributed by atoms with Crippen LogP contribution in [0.1, 0.15) is 67.8 Å². The van der Waals surface area contributed by atoms with Crippen LogP contribution < -0.4 is 10.1 Å². The highest BCUT2D eigenvalue weighted by molar-refractivity contribution is 5.82. The third-order valence-electron chi connectivity index (χ3n) is 6.40. The quantitative estimate of drug-likeness (QED) is 0.662. The summed E-state index contributed by atoms with van der Waals surface area (Å²) in [5.41, 5.74) is 4.66. The summed E-state index contributed by atoms with van der Waals surface area (Å²) in [7, 11) is 0. The Hall–Kier alpha value is -2.82. The molecule has 1 aliphatic heterocycles. The van der Waals surface area contributed by atoms with Crippen LogP contribution in [0.5, 0.6) is 5.75 Å². The molecule has 5 heteroatoms. The molecule has 2 aromatic rings. The molecule has 1 aliphatic carbocycles. The van der Waals surface area contributed by atoms with E-state index < -0.39 is 6.10 Å². The molecule has 32 heavy (non-hydrogen) atoms. The van der Waals surface area contributed by atoms with Crippen LogP contribution in [0.15, 0.2) is 42.5 Å². The lowest BCUT2D eigenvalue weighted by molar-refractivity contribution is -0.134. The normalized spacial score (nSPS) is 18.6. The number of carbonyl (C=O) groups excluding carboxylic acids is 2. The van der Waals surface area contributed by atoms with Crippen LogP contribution in [0.25, 0.3) is 0 Å². The van der Waals surface area contributed by atoms with E-state index in [1.165, 1.54) is 11.1 Å². The van der Waals surface area contributed by atoms with Crippen molar-refractivity contribution in [3.8, 4) is 5.75 Å². The van der Waals surface area contributed by atoms with Crippen molar-refractivity contribution in [2.24, 2.45) is 5.92 Å². The number of nitrogens with one attached hydrogen (secondary N) is 1. The molecule has 2 aromatic carbocycles. The monoisotopic (exact) mass is 434 g/mol. The molecule has 2 amide bonds. The Morgan fingerprint density at radius 3 is 2.66 bits per heavy atom. The number of aryl methyl sites for hydroxylation is 1. The van der Waals surface area contributed by atoms with Gasteiger partial charge in [0.25, 0.3) is 5.91 Å². The van der Waals surface area contributed by atoms with Gasteiger partial charge in [-0.25, -0.2) is 0 Å². The molecule has 1 heterocycles. The van der Waals surface area contributed by atoms with Gasteiger partial charge in [-0.2, -0.15) is 0 Å². The first-order valence-corrected chi connectivity index (χ1v) is 12.0. The Kier molecular flexibility index (Phi) is 6.83. The van der Waals surface area contributed by atoms with Crippen LogP contribution in [0.2, 0.25) is 0 Å². The lowest BCUT2D eigenvalue weighted by atomic mass is 9.87. The van der Waals surface area contributed by atoms with Gasteiger partial charge in [0.1, 0.15) is 5.75 Å². The maximum atomic E-state index is 13.2. The average molecular weight is 435 g/mol. The van der Waals surface area contributed by atoms with Crippen LogP contribution in [-0.4, -0.2) is 35.9 Å². The number of hydrogen-bond donors (Lipinski definition) is 1. The zero-order chi connectivity index (χ0) is 22.7. The molecule has 0 bridgehead atoms. The van der Waals surface area contributed by atoms with Crippen molar-refractivity contribution < 1.29 is 14.3 Å². The predicted molar refractivity (Wildman–Crippen MR) is 126 cm³/mol. The van der Waals surface area contributed by atoms with Crippen LogP contribution in [-0.2, 0) is 16.0 Å². The van der Waals surface area contributed by atoms with Crippen molar-refractivity contribution in [2.75, 3.05) is 13.1 Å². The molecular weight excluding hydrogens is 400 g/mol. The molecule has 5 nitrogen and oxygen atoms in total. The van der Waals surface area contributed by atoms with Gasteiger partial charge in [0.2, 0.25) is 5.91 Å². The zero-order valence-electron chi connectivity index (χ0n) is 19.4. The third kappa shape index (κ3) is 4.82. The van der Waals surface area contributed by atoms with E-state index in [0.717, 1.165) is 43.4 Å². The molecule has 2 atom stereocenters. The van der Waals surface area contributed by atoms with Gasteiger partial charge in [-0.1, -0.05) is 49.7 Å². The molecule has 1 saturated carbocycles. The van der Waals surface area contributed by atoms with E-state index in [1.54, 1.807) is 0 Å². The summed E-state index contributed by atoms with van der Waals surface area (Å²) in [5, 5.41) is 2.93. The Morgan fingerprint density at radius 1 is 1.16 bits per heavy atom. The number of fused-ring (bicyclic) bond motifs is 1. The summed E-state index contributed by atoms with van der Waals surface area (Å²) in [6, 6.07) is 14.4. The van der Waals surface area contributed by atoms with Crippen molar-refractivity contribution in [3.63, 3.8) is 0 Å². The first-order chi connectivity index (χ1) is 15.5. The summed E-state index contributed by atoms with van der Waals surface area (Å²) in [6.07, 6.45) is 3.80. The minimum atomic E-state index is -0.523. The van der Waals surface area contributed by atoms with Crippen molar-refractivity contribution in [1.82, 2.24) is 10.2 Å². The van der Waals surface area contributed by atoms with Gasteiger partial charge in [-0.3, -0.25) is 9.59 Å². The second-order valence-electron chi connectivity index (χ2n) is 9.04. The Balaban J connectivity index is 1.67. The maximum Gasteiger partial charge on any atom is 0.261 e. The lowest BCUT2D eigenvalue weighted by Gasteiger charge is -2.38. The maximum absolute atomic E-state index is 13.2. The number of ether oxygens (including phenoxy) is 1. The standard InChI is InChI=1S/C27H34N2O3/c1-4-14-28-26(30)24(5-2)32-22-12-11-19-13-15-29(27(31)20-9-10-20)25(23(19)17-22)21-8-6-7-18(3)16-21/h6-8,11-12,16-17,20,24-25H,4-5,9-10,13-15H2,1-3H3,(H,28,30)/t24-,25-/m0/s1. The van der Waals surface area contributed by atoms with E-state index in [2.05, 4.69) is 47.5 Å². The number of hydrogen-bond acceptors (Lipinski definition) is 3. The number of benzene rings is 2. The van der Waals surface area contributed by atoms with Crippen molar-refractivity contribution in [2.45, 2.75) is 65.0 Å². The molecule has 4 rings (SSSR count). The fourth-order valence-electron chi connectivity index (χ4n) is 4.52. The fourth-order valence-corrected chi connectivity index (χ4v) is 4.52. The van der Waals surface area contributed by atoms with Crippen molar-refractivity contribution >= 4 is 11.8 Å². The number of carbonyl (C=O) groups is 2. The van der Waals surface area contributed by atoms with E-state index in [9.17, 15) is 9.59 Å². The Bertz CT molecular complexity index is 983. The van der Waals surface area contributed by atoms with Gasteiger partial charge < -0.3 is 15.0 Å². The molecule has 0 radical (unpaired) electrons. The fraction of sp³-hybridized carbons (Fsp3) is 0.481. The predicted octanol–water partition coefficient (Wildman–Crippen LogP) is 4.56. The summed E-state index contributed by atoms with van der Waals surface area (Å²) < 4.78 is 6.14. The number of nitrogens with zero attached hydrogens (tertiary/aromatic N) is 1. The zero-order valence-corrected chi connectivity index (χ0v) is 19.4. The van der Waals surface area contributed by atoms with Crippen molar-refractivity contribution in [3.05, 3.63) is 64.7 Å². The smallest absolute Gasteiger partial charge is 0.261 e. The van der Waals surface area contributed by atoms with Gasteiger partial charge >= 0.3 is 0 Å². The highest BCUT2D eigenvalue weighted by Crippen LogP contribution is 2.41. The Labute approximate surface area is 191 Å². The van der Waals surface area contributed by atoms with Gasteiger partial charge in [-0.15, -0.1) is 0 Å². The highest BCUT2D eigenvalue weighted by Gasteiger charge is 2.39. The van der Waals surface area contributed by atoms with Crippen LogP contribution in [0, 0.1) is 12.8 Å². The summed E-state index contributed by atoms with van der Waals surface area (Å²) in [5.74, 6) is 1.04. The molecule has 170 valence electrons. The minimum absolute atomic E-state index is 0.0761. The van der Waals surface area contributed by atoms with Crippen LogP contribution in [0.3, 0.4) is 0 Å². The summed E-state index contributed by atoms with van der Waals surface area (Å²) in [6.45, 7) is 7.46.